The molecule has 0 bridgehead atoms. The normalized spacial score (nSPS) is 19.2. The summed E-state index contributed by atoms with van der Waals surface area (Å²) < 4.78 is 5.93. The minimum Gasteiger partial charge on any atom is -0.489 e. The fourth-order valence-corrected chi connectivity index (χ4v) is 3.78. The SMILES string of the molecule is CC(C)(C)C1=CC(C(C)(C)C)CC(=Cc2ccc(OCc3ccccc3)cc2)C1. The van der Waals surface area contributed by atoms with E-state index < -0.39 is 0 Å². The summed E-state index contributed by atoms with van der Waals surface area (Å²) in [5, 5.41) is 0. The van der Waals surface area contributed by atoms with Gasteiger partial charge in [0.2, 0.25) is 0 Å². The van der Waals surface area contributed by atoms with Gasteiger partial charge < -0.3 is 4.74 Å². The largest absolute Gasteiger partial charge is 0.489 e. The van der Waals surface area contributed by atoms with Crippen molar-refractivity contribution >= 4 is 6.08 Å². The lowest BCUT2D eigenvalue weighted by atomic mass is 9.68. The maximum atomic E-state index is 5.93. The second-order valence-electron chi connectivity index (χ2n) is 10.4. The Bertz CT molecular complexity index is 855. The van der Waals surface area contributed by atoms with E-state index in [1.54, 1.807) is 5.57 Å². The molecule has 2 aromatic carbocycles. The van der Waals surface area contributed by atoms with Gasteiger partial charge in [0.25, 0.3) is 0 Å². The van der Waals surface area contributed by atoms with E-state index in [9.17, 15) is 0 Å². The van der Waals surface area contributed by atoms with Gasteiger partial charge >= 0.3 is 0 Å². The van der Waals surface area contributed by atoms with Gasteiger partial charge in [-0.05, 0) is 52.8 Å². The molecular formula is C28H36O. The van der Waals surface area contributed by atoms with Gasteiger partial charge in [-0.25, -0.2) is 0 Å². The fourth-order valence-electron chi connectivity index (χ4n) is 3.78. The molecule has 1 atom stereocenters. The minimum atomic E-state index is 0.220. The Morgan fingerprint density at radius 3 is 2.14 bits per heavy atom. The molecule has 3 rings (SSSR count). The van der Waals surface area contributed by atoms with Crippen LogP contribution in [0.5, 0.6) is 5.75 Å². The molecule has 0 fully saturated rings. The second-order valence-corrected chi connectivity index (χ2v) is 10.4. The van der Waals surface area contributed by atoms with Crippen LogP contribution in [0.25, 0.3) is 6.08 Å². The van der Waals surface area contributed by atoms with Crippen molar-refractivity contribution in [1.82, 2.24) is 0 Å². The van der Waals surface area contributed by atoms with Gasteiger partial charge in [0.15, 0.2) is 0 Å². The molecule has 1 unspecified atom stereocenters. The smallest absolute Gasteiger partial charge is 0.119 e. The Hall–Kier alpha value is -2.28. The zero-order chi connectivity index (χ0) is 21.1. The van der Waals surface area contributed by atoms with Crippen LogP contribution in [0.1, 0.15) is 65.5 Å². The van der Waals surface area contributed by atoms with Gasteiger partial charge in [-0.15, -0.1) is 0 Å². The summed E-state index contributed by atoms with van der Waals surface area (Å²) in [7, 11) is 0. The van der Waals surface area contributed by atoms with Crippen LogP contribution >= 0.6 is 0 Å². The van der Waals surface area contributed by atoms with E-state index in [-0.39, 0.29) is 10.8 Å². The van der Waals surface area contributed by atoms with Crippen LogP contribution < -0.4 is 4.74 Å². The molecule has 1 nitrogen and oxygen atoms in total. The predicted molar refractivity (Wildman–Crippen MR) is 125 cm³/mol. The first kappa shape index (κ1) is 21.4. The highest BCUT2D eigenvalue weighted by molar-refractivity contribution is 5.55. The van der Waals surface area contributed by atoms with E-state index in [2.05, 4.69) is 90.1 Å². The summed E-state index contributed by atoms with van der Waals surface area (Å²) in [6.45, 7) is 14.7. The van der Waals surface area contributed by atoms with Crippen molar-refractivity contribution in [3.8, 4) is 5.75 Å². The fraction of sp³-hybridized carbons (Fsp3) is 0.429. The van der Waals surface area contributed by atoms with Crippen LogP contribution in [0.3, 0.4) is 0 Å². The molecule has 0 aromatic heterocycles. The topological polar surface area (TPSA) is 9.23 Å². The Morgan fingerprint density at radius 2 is 1.55 bits per heavy atom. The van der Waals surface area contributed by atoms with Crippen molar-refractivity contribution in [2.24, 2.45) is 16.7 Å². The van der Waals surface area contributed by atoms with Crippen LogP contribution in [0.15, 0.2) is 71.8 Å². The van der Waals surface area contributed by atoms with Crippen molar-refractivity contribution in [1.29, 1.82) is 0 Å². The molecule has 0 saturated heterocycles. The average Bonchev–Trinajstić information content (AvgIpc) is 2.67. The summed E-state index contributed by atoms with van der Waals surface area (Å²) in [6, 6.07) is 18.8. The molecule has 0 amide bonds. The monoisotopic (exact) mass is 388 g/mol. The first-order valence-corrected chi connectivity index (χ1v) is 10.8. The van der Waals surface area contributed by atoms with E-state index in [1.165, 1.54) is 16.7 Å². The zero-order valence-corrected chi connectivity index (χ0v) is 19.0. The number of benzene rings is 2. The van der Waals surface area contributed by atoms with E-state index in [0.29, 0.717) is 12.5 Å². The lowest BCUT2D eigenvalue weighted by Crippen LogP contribution is -2.25. The third kappa shape index (κ3) is 6.10. The summed E-state index contributed by atoms with van der Waals surface area (Å²) in [5.41, 5.74) is 6.06. The first-order valence-electron chi connectivity index (χ1n) is 10.8. The highest BCUT2D eigenvalue weighted by Gasteiger charge is 2.30. The molecule has 2 aromatic rings. The maximum absolute atomic E-state index is 5.93. The van der Waals surface area contributed by atoms with Crippen LogP contribution in [-0.4, -0.2) is 0 Å². The molecular weight excluding hydrogens is 352 g/mol. The molecule has 1 aliphatic rings. The number of rotatable bonds is 4. The highest BCUT2D eigenvalue weighted by Crippen LogP contribution is 2.44. The van der Waals surface area contributed by atoms with E-state index in [1.807, 2.05) is 18.2 Å². The molecule has 0 heterocycles. The Balaban J connectivity index is 1.72. The average molecular weight is 389 g/mol. The molecule has 154 valence electrons. The highest BCUT2D eigenvalue weighted by atomic mass is 16.5. The molecule has 0 N–H and O–H groups in total. The quantitative estimate of drug-likeness (QED) is 0.481. The van der Waals surface area contributed by atoms with Crippen LogP contribution in [0.2, 0.25) is 0 Å². The Labute approximate surface area is 177 Å². The van der Waals surface area contributed by atoms with Gasteiger partial charge in [-0.1, -0.05) is 107 Å². The first-order chi connectivity index (χ1) is 13.6. The molecule has 29 heavy (non-hydrogen) atoms. The van der Waals surface area contributed by atoms with Gasteiger partial charge in [0.1, 0.15) is 12.4 Å². The van der Waals surface area contributed by atoms with E-state index in [4.69, 9.17) is 4.74 Å². The number of allylic oxidation sites excluding steroid dienone is 3. The van der Waals surface area contributed by atoms with Crippen molar-refractivity contribution in [2.45, 2.75) is 61.0 Å². The molecule has 1 aliphatic carbocycles. The predicted octanol–water partition coefficient (Wildman–Crippen LogP) is 8.08. The van der Waals surface area contributed by atoms with Gasteiger partial charge in [-0.2, -0.15) is 0 Å². The molecule has 0 spiro atoms. The maximum Gasteiger partial charge on any atom is 0.119 e. The number of hydrogen-bond acceptors (Lipinski definition) is 1. The van der Waals surface area contributed by atoms with E-state index in [0.717, 1.165) is 18.6 Å². The van der Waals surface area contributed by atoms with Crippen molar-refractivity contribution in [2.75, 3.05) is 0 Å². The van der Waals surface area contributed by atoms with Gasteiger partial charge in [0.05, 0.1) is 0 Å². The summed E-state index contributed by atoms with van der Waals surface area (Å²) in [4.78, 5) is 0. The van der Waals surface area contributed by atoms with Crippen LogP contribution in [-0.2, 0) is 6.61 Å². The third-order valence-corrected chi connectivity index (χ3v) is 5.88. The molecule has 0 radical (unpaired) electrons. The third-order valence-electron chi connectivity index (χ3n) is 5.88. The number of ether oxygens (including phenoxy) is 1. The Kier molecular flexibility index (Phi) is 6.36. The van der Waals surface area contributed by atoms with E-state index >= 15 is 0 Å². The molecule has 1 heteroatoms. The Morgan fingerprint density at radius 1 is 0.897 bits per heavy atom. The molecule has 0 saturated carbocycles. The minimum absolute atomic E-state index is 0.220. The van der Waals surface area contributed by atoms with Crippen molar-refractivity contribution in [3.05, 3.63) is 82.9 Å². The molecule has 0 aliphatic heterocycles. The van der Waals surface area contributed by atoms with Crippen LogP contribution in [0, 0.1) is 16.7 Å². The number of hydrogen-bond donors (Lipinski definition) is 0. The lowest BCUT2D eigenvalue weighted by molar-refractivity contribution is 0.277. The summed E-state index contributed by atoms with van der Waals surface area (Å²) in [5.74, 6) is 1.51. The van der Waals surface area contributed by atoms with Crippen LogP contribution in [0.4, 0.5) is 0 Å². The van der Waals surface area contributed by atoms with Gasteiger partial charge in [0, 0.05) is 0 Å². The van der Waals surface area contributed by atoms with Crippen molar-refractivity contribution in [3.63, 3.8) is 0 Å². The zero-order valence-electron chi connectivity index (χ0n) is 19.0. The van der Waals surface area contributed by atoms with Gasteiger partial charge in [-0.3, -0.25) is 0 Å². The summed E-state index contributed by atoms with van der Waals surface area (Å²) in [6.07, 6.45) is 7.17. The van der Waals surface area contributed by atoms with Crippen molar-refractivity contribution < 1.29 is 4.74 Å². The lowest BCUT2D eigenvalue weighted by Gasteiger charge is -2.37. The standard InChI is InChI=1S/C28H36O/c1-27(2,3)24-17-23(18-25(19-24)28(4,5)6)16-21-12-14-26(15-13-21)29-20-22-10-8-7-9-11-22/h7-16,19,24H,17-18,20H2,1-6H3. The second kappa shape index (κ2) is 8.61. The summed E-state index contributed by atoms with van der Waals surface area (Å²) >= 11 is 0.